The molecule has 0 bridgehead atoms. The van der Waals surface area contributed by atoms with Gasteiger partial charge in [-0.25, -0.2) is 15.0 Å². The van der Waals surface area contributed by atoms with E-state index < -0.39 is 34.9 Å². The minimum atomic E-state index is -4.74. The molecule has 226 valence electrons. The van der Waals surface area contributed by atoms with Crippen LogP contribution < -0.4 is 10.2 Å². The SMILES string of the molecule is C[C@@H]1CCCN1CC1SC(NC(=O)c2cnc(N3CCC(C(=O)O)CC3)cn2)=NC1(C)c1ccc(O)c(C(F)(F)F)c1. The lowest BCUT2D eigenvalue weighted by molar-refractivity contribution is -0.142. The third kappa shape index (κ3) is 6.19. The number of carboxylic acids is 1. The highest BCUT2D eigenvalue weighted by Crippen LogP contribution is 2.46. The number of amides is 1. The van der Waals surface area contributed by atoms with E-state index in [4.69, 9.17) is 4.99 Å². The molecule has 42 heavy (non-hydrogen) atoms. The van der Waals surface area contributed by atoms with Crippen molar-refractivity contribution in [2.75, 3.05) is 31.1 Å². The van der Waals surface area contributed by atoms with Crippen LogP contribution in [0.5, 0.6) is 5.75 Å². The Labute approximate surface area is 245 Å². The highest BCUT2D eigenvalue weighted by Gasteiger charge is 2.46. The van der Waals surface area contributed by atoms with E-state index in [-0.39, 0.29) is 27.6 Å². The Bertz CT molecular complexity index is 1370. The summed E-state index contributed by atoms with van der Waals surface area (Å²) in [5, 5.41) is 21.8. The number of piperidine rings is 1. The number of carbonyl (C=O) groups is 2. The van der Waals surface area contributed by atoms with Crippen molar-refractivity contribution in [2.45, 2.75) is 62.5 Å². The number of nitrogens with one attached hydrogen (secondary N) is 1. The first kappa shape index (κ1) is 30.1. The number of anilines is 1. The summed E-state index contributed by atoms with van der Waals surface area (Å²) < 4.78 is 40.9. The minimum absolute atomic E-state index is 0.0461. The van der Waals surface area contributed by atoms with Crippen molar-refractivity contribution in [3.05, 3.63) is 47.4 Å². The van der Waals surface area contributed by atoms with Gasteiger partial charge in [0, 0.05) is 25.7 Å². The van der Waals surface area contributed by atoms with Crippen LogP contribution in [0.3, 0.4) is 0 Å². The second-order valence-electron chi connectivity index (χ2n) is 11.2. The highest BCUT2D eigenvalue weighted by atomic mass is 32.2. The first-order chi connectivity index (χ1) is 19.8. The summed E-state index contributed by atoms with van der Waals surface area (Å²) in [6.07, 6.45) is 1.13. The predicted molar refractivity (Wildman–Crippen MR) is 152 cm³/mol. The first-order valence-electron chi connectivity index (χ1n) is 13.9. The van der Waals surface area contributed by atoms with Crippen LogP contribution in [-0.4, -0.2) is 79.6 Å². The summed E-state index contributed by atoms with van der Waals surface area (Å²) in [7, 11) is 0. The van der Waals surface area contributed by atoms with E-state index >= 15 is 0 Å². The summed E-state index contributed by atoms with van der Waals surface area (Å²) in [6.45, 7) is 6.34. The van der Waals surface area contributed by atoms with Crippen LogP contribution in [0.25, 0.3) is 0 Å². The number of likely N-dealkylation sites (tertiary alicyclic amines) is 1. The topological polar surface area (TPSA) is 131 Å². The van der Waals surface area contributed by atoms with Gasteiger partial charge in [-0.15, -0.1) is 0 Å². The molecule has 3 aliphatic heterocycles. The number of halogens is 3. The molecule has 1 aromatic carbocycles. The number of hydrogen-bond acceptors (Lipinski definition) is 9. The van der Waals surface area contributed by atoms with Gasteiger partial charge in [-0.05, 0) is 63.8 Å². The standard InChI is InChI=1S/C28H33F3N6O4S/c1-16-4-3-9-37(16)15-22-27(2,18-5-6-21(38)19(12-18)28(29,30)31)35-26(42-22)34-24(39)20-13-33-23(14-32-20)36-10-7-17(8-11-36)25(40)41/h5-6,12-14,16-17,22,38H,3-4,7-11,15H2,1-2H3,(H,40,41)(H,34,35,39)/t16-,22?,27?/m1/s1. The number of thioether (sulfide) groups is 1. The number of carbonyl (C=O) groups excluding carboxylic acids is 1. The number of aliphatic imine (C=N–C) groups is 1. The van der Waals surface area contributed by atoms with Gasteiger partial charge in [0.1, 0.15) is 17.3 Å². The molecule has 3 aliphatic rings. The van der Waals surface area contributed by atoms with Crippen LogP contribution in [0.1, 0.15) is 61.1 Å². The van der Waals surface area contributed by atoms with Crippen LogP contribution in [0.2, 0.25) is 0 Å². The van der Waals surface area contributed by atoms with Crippen LogP contribution in [-0.2, 0) is 16.5 Å². The number of phenolic OH excluding ortho intramolecular Hbond substituents is 1. The third-order valence-corrected chi connectivity index (χ3v) is 9.76. The summed E-state index contributed by atoms with van der Waals surface area (Å²) in [5.41, 5.74) is -1.91. The molecule has 10 nitrogen and oxygen atoms in total. The van der Waals surface area contributed by atoms with Crippen molar-refractivity contribution in [1.29, 1.82) is 0 Å². The van der Waals surface area contributed by atoms with Crippen molar-refractivity contribution in [2.24, 2.45) is 10.9 Å². The number of aromatic hydroxyl groups is 1. The molecule has 4 heterocycles. The molecule has 3 N–H and O–H groups in total. The summed E-state index contributed by atoms with van der Waals surface area (Å²) in [4.78, 5) is 41.9. The monoisotopic (exact) mass is 606 g/mol. The largest absolute Gasteiger partial charge is 0.507 e. The van der Waals surface area contributed by atoms with Gasteiger partial charge in [-0.3, -0.25) is 19.8 Å². The second-order valence-corrected chi connectivity index (χ2v) is 12.4. The molecule has 14 heteroatoms. The molecule has 0 saturated carbocycles. The van der Waals surface area contributed by atoms with Gasteiger partial charge in [0.05, 0.1) is 34.7 Å². The lowest BCUT2D eigenvalue weighted by Crippen LogP contribution is -2.41. The summed E-state index contributed by atoms with van der Waals surface area (Å²) >= 11 is 1.30. The second kappa shape index (κ2) is 11.7. The number of rotatable bonds is 6. The fourth-order valence-electron chi connectivity index (χ4n) is 5.76. The molecule has 2 fully saturated rings. The lowest BCUT2D eigenvalue weighted by Gasteiger charge is -2.33. The number of carboxylic acid groups (broad SMARTS) is 1. The Morgan fingerprint density at radius 1 is 1.14 bits per heavy atom. The molecule has 5 rings (SSSR count). The van der Waals surface area contributed by atoms with Gasteiger partial charge < -0.3 is 15.1 Å². The number of benzene rings is 1. The van der Waals surface area contributed by atoms with Gasteiger partial charge >= 0.3 is 12.1 Å². The van der Waals surface area contributed by atoms with Crippen molar-refractivity contribution < 1.29 is 33.0 Å². The quantitative estimate of drug-likeness (QED) is 0.445. The average molecular weight is 607 g/mol. The number of phenols is 1. The number of aliphatic carboxylic acids is 1. The van der Waals surface area contributed by atoms with Gasteiger partial charge in [-0.1, -0.05) is 17.8 Å². The highest BCUT2D eigenvalue weighted by molar-refractivity contribution is 8.14. The zero-order valence-corrected chi connectivity index (χ0v) is 24.1. The molecule has 1 aromatic heterocycles. The number of aromatic nitrogens is 2. The number of amidine groups is 1. The third-order valence-electron chi connectivity index (χ3n) is 8.45. The zero-order valence-electron chi connectivity index (χ0n) is 23.3. The van der Waals surface area contributed by atoms with E-state index in [2.05, 4.69) is 27.1 Å². The van der Waals surface area contributed by atoms with Crippen molar-refractivity contribution in [1.82, 2.24) is 20.2 Å². The fourth-order valence-corrected chi connectivity index (χ4v) is 7.10. The molecular weight excluding hydrogens is 573 g/mol. The van der Waals surface area contributed by atoms with Gasteiger partial charge in [-0.2, -0.15) is 13.2 Å². The van der Waals surface area contributed by atoms with E-state index in [0.717, 1.165) is 31.5 Å². The Morgan fingerprint density at radius 3 is 2.48 bits per heavy atom. The Balaban J connectivity index is 1.34. The van der Waals surface area contributed by atoms with E-state index in [1.807, 2.05) is 4.90 Å². The maximum absolute atomic E-state index is 13.6. The molecule has 2 unspecified atom stereocenters. The van der Waals surface area contributed by atoms with Crippen LogP contribution in [0, 0.1) is 5.92 Å². The van der Waals surface area contributed by atoms with Gasteiger partial charge in [0.15, 0.2) is 5.17 Å². The number of alkyl halides is 3. The maximum atomic E-state index is 13.6. The fraction of sp³-hybridized carbons (Fsp3) is 0.536. The first-order valence-corrected chi connectivity index (χ1v) is 14.8. The van der Waals surface area contributed by atoms with Crippen molar-refractivity contribution in [3.63, 3.8) is 0 Å². The van der Waals surface area contributed by atoms with Gasteiger partial charge in [0.2, 0.25) is 0 Å². The van der Waals surface area contributed by atoms with Crippen LogP contribution in [0.15, 0.2) is 35.6 Å². The zero-order chi connectivity index (χ0) is 30.2. The van der Waals surface area contributed by atoms with Gasteiger partial charge in [0.25, 0.3) is 5.91 Å². The Kier molecular flexibility index (Phi) is 8.39. The van der Waals surface area contributed by atoms with Crippen molar-refractivity contribution >= 4 is 34.6 Å². The summed E-state index contributed by atoms with van der Waals surface area (Å²) in [5.74, 6) is -2.04. The smallest absolute Gasteiger partial charge is 0.419 e. The minimum Gasteiger partial charge on any atom is -0.507 e. The average Bonchev–Trinajstić information content (AvgIpc) is 3.50. The molecule has 0 spiro atoms. The lowest BCUT2D eigenvalue weighted by atomic mass is 9.87. The van der Waals surface area contributed by atoms with E-state index in [9.17, 15) is 33.0 Å². The van der Waals surface area contributed by atoms with Crippen LogP contribution >= 0.6 is 11.8 Å². The van der Waals surface area contributed by atoms with E-state index in [1.54, 1.807) is 6.92 Å². The summed E-state index contributed by atoms with van der Waals surface area (Å²) in [6, 6.07) is 3.75. The molecule has 2 saturated heterocycles. The number of nitrogens with zero attached hydrogens (tertiary/aromatic N) is 5. The molecule has 2 aromatic rings. The normalized spacial score (nSPS) is 25.5. The molecule has 0 aliphatic carbocycles. The Morgan fingerprint density at radius 2 is 1.88 bits per heavy atom. The molecule has 3 atom stereocenters. The molecule has 1 amide bonds. The number of hydrogen-bond donors (Lipinski definition) is 3. The molecule has 0 radical (unpaired) electrons. The Hall–Kier alpha value is -3.39. The van der Waals surface area contributed by atoms with E-state index in [0.29, 0.717) is 44.3 Å². The molecular formula is C28H33F3N6O4S. The van der Waals surface area contributed by atoms with Crippen LogP contribution in [0.4, 0.5) is 19.0 Å². The maximum Gasteiger partial charge on any atom is 0.419 e. The van der Waals surface area contributed by atoms with Crippen molar-refractivity contribution in [3.8, 4) is 5.75 Å². The van der Waals surface area contributed by atoms with E-state index in [1.165, 1.54) is 30.2 Å². The predicted octanol–water partition coefficient (Wildman–Crippen LogP) is 4.10.